The number of aryl methyl sites for hydroxylation is 1. The average Bonchev–Trinajstić information content (AvgIpc) is 3.46. The maximum Gasteiger partial charge on any atom is 0.230 e. The first-order valence-electron chi connectivity index (χ1n) is 8.58. The van der Waals surface area contributed by atoms with Crippen molar-refractivity contribution in [2.24, 2.45) is 5.92 Å². The third-order valence-corrected chi connectivity index (χ3v) is 5.44. The van der Waals surface area contributed by atoms with Crippen molar-refractivity contribution in [1.82, 2.24) is 5.32 Å². The number of rotatable bonds is 7. The maximum atomic E-state index is 12.3. The standard InChI is InChI=1S/C21H22N2OS/c1-15-2-8-18(9-3-15)21(19-10-11-19)23-20(24)14-25-13-17-6-4-16(12-22)5-7-17/h2-9,19,21H,10-11,13-14H2,1H3,(H,23,24). The Bertz CT molecular complexity index is 758. The molecule has 25 heavy (non-hydrogen) atoms. The minimum absolute atomic E-state index is 0.0936. The summed E-state index contributed by atoms with van der Waals surface area (Å²) in [6, 6.07) is 18.3. The Morgan fingerprint density at radius 1 is 1.20 bits per heavy atom. The lowest BCUT2D eigenvalue weighted by Crippen LogP contribution is -2.31. The molecule has 1 unspecified atom stereocenters. The molecule has 1 amide bonds. The molecule has 0 aromatic heterocycles. The zero-order valence-electron chi connectivity index (χ0n) is 14.4. The number of hydrogen-bond acceptors (Lipinski definition) is 3. The predicted octanol–water partition coefficient (Wildman–Crippen LogP) is 4.37. The molecule has 0 saturated heterocycles. The Kier molecular flexibility index (Phi) is 5.78. The zero-order chi connectivity index (χ0) is 17.6. The first-order valence-corrected chi connectivity index (χ1v) is 9.74. The van der Waals surface area contributed by atoms with Gasteiger partial charge < -0.3 is 5.32 Å². The molecule has 1 aliphatic carbocycles. The Morgan fingerprint density at radius 3 is 2.48 bits per heavy atom. The summed E-state index contributed by atoms with van der Waals surface area (Å²) in [6.45, 7) is 2.08. The number of nitrogens with zero attached hydrogens (tertiary/aromatic N) is 1. The van der Waals surface area contributed by atoms with Gasteiger partial charge in [-0.05, 0) is 48.9 Å². The molecule has 0 heterocycles. The summed E-state index contributed by atoms with van der Waals surface area (Å²) in [5.74, 6) is 1.90. The molecular weight excluding hydrogens is 328 g/mol. The second-order valence-corrected chi connectivity index (χ2v) is 7.58. The molecule has 0 aliphatic heterocycles. The van der Waals surface area contributed by atoms with E-state index in [0.29, 0.717) is 17.2 Å². The lowest BCUT2D eigenvalue weighted by molar-refractivity contribution is -0.119. The Balaban J connectivity index is 1.50. The van der Waals surface area contributed by atoms with Crippen molar-refractivity contribution in [1.29, 1.82) is 5.26 Å². The van der Waals surface area contributed by atoms with Gasteiger partial charge in [0.2, 0.25) is 5.91 Å². The molecule has 0 spiro atoms. The summed E-state index contributed by atoms with van der Waals surface area (Å²) in [5.41, 5.74) is 4.24. The van der Waals surface area contributed by atoms with Gasteiger partial charge in [-0.15, -0.1) is 11.8 Å². The lowest BCUT2D eigenvalue weighted by Gasteiger charge is -2.19. The van der Waals surface area contributed by atoms with E-state index in [1.807, 2.05) is 24.3 Å². The van der Waals surface area contributed by atoms with Crippen LogP contribution >= 0.6 is 11.8 Å². The fraction of sp³-hybridized carbons (Fsp3) is 0.333. The van der Waals surface area contributed by atoms with Crippen molar-refractivity contribution in [3.63, 3.8) is 0 Å². The van der Waals surface area contributed by atoms with Gasteiger partial charge in [0.1, 0.15) is 0 Å². The van der Waals surface area contributed by atoms with Crippen molar-refractivity contribution in [2.45, 2.75) is 31.6 Å². The second kappa shape index (κ2) is 8.22. The highest BCUT2D eigenvalue weighted by Gasteiger charge is 2.33. The minimum Gasteiger partial charge on any atom is -0.348 e. The van der Waals surface area contributed by atoms with Crippen molar-refractivity contribution in [3.05, 3.63) is 70.8 Å². The number of amides is 1. The molecule has 1 N–H and O–H groups in total. The SMILES string of the molecule is Cc1ccc(C(NC(=O)CSCc2ccc(C#N)cc2)C2CC2)cc1. The molecule has 3 nitrogen and oxygen atoms in total. The Morgan fingerprint density at radius 2 is 1.88 bits per heavy atom. The molecular formula is C21H22N2OS. The third kappa shape index (κ3) is 5.11. The number of hydrogen-bond donors (Lipinski definition) is 1. The van der Waals surface area contributed by atoms with Crippen molar-refractivity contribution < 1.29 is 4.79 Å². The van der Waals surface area contributed by atoms with Gasteiger partial charge in [0.05, 0.1) is 23.4 Å². The third-order valence-electron chi connectivity index (χ3n) is 4.43. The number of thioether (sulfide) groups is 1. The molecule has 128 valence electrons. The van der Waals surface area contributed by atoms with E-state index in [-0.39, 0.29) is 11.9 Å². The van der Waals surface area contributed by atoms with Gasteiger partial charge in [0, 0.05) is 5.75 Å². The van der Waals surface area contributed by atoms with Crippen LogP contribution in [-0.4, -0.2) is 11.7 Å². The smallest absolute Gasteiger partial charge is 0.230 e. The van der Waals surface area contributed by atoms with Gasteiger partial charge in [-0.3, -0.25) is 4.79 Å². The summed E-state index contributed by atoms with van der Waals surface area (Å²) < 4.78 is 0. The largest absolute Gasteiger partial charge is 0.348 e. The minimum atomic E-state index is 0.0936. The summed E-state index contributed by atoms with van der Waals surface area (Å²) >= 11 is 1.60. The van der Waals surface area contributed by atoms with Gasteiger partial charge in [0.25, 0.3) is 0 Å². The highest BCUT2D eigenvalue weighted by molar-refractivity contribution is 7.99. The summed E-state index contributed by atoms with van der Waals surface area (Å²) in [5, 5.41) is 12.0. The zero-order valence-corrected chi connectivity index (χ0v) is 15.2. The van der Waals surface area contributed by atoms with Gasteiger partial charge in [-0.1, -0.05) is 42.0 Å². The molecule has 0 radical (unpaired) electrons. The topological polar surface area (TPSA) is 52.9 Å². The van der Waals surface area contributed by atoms with Crippen LogP contribution in [-0.2, 0) is 10.5 Å². The maximum absolute atomic E-state index is 12.3. The molecule has 0 bridgehead atoms. The van der Waals surface area contributed by atoms with Crippen LogP contribution in [0, 0.1) is 24.2 Å². The van der Waals surface area contributed by atoms with Gasteiger partial charge in [0.15, 0.2) is 0 Å². The molecule has 1 fully saturated rings. The van der Waals surface area contributed by atoms with Crippen LogP contribution in [0.25, 0.3) is 0 Å². The van der Waals surface area contributed by atoms with Crippen LogP contribution in [0.5, 0.6) is 0 Å². The number of carbonyl (C=O) groups excluding carboxylic acids is 1. The molecule has 1 atom stereocenters. The molecule has 3 rings (SSSR count). The van der Waals surface area contributed by atoms with E-state index < -0.39 is 0 Å². The van der Waals surface area contributed by atoms with Crippen LogP contribution in [0.2, 0.25) is 0 Å². The molecule has 4 heteroatoms. The van der Waals surface area contributed by atoms with Gasteiger partial charge >= 0.3 is 0 Å². The van der Waals surface area contributed by atoms with E-state index >= 15 is 0 Å². The fourth-order valence-electron chi connectivity index (χ4n) is 2.83. The summed E-state index contributed by atoms with van der Waals surface area (Å²) in [7, 11) is 0. The van der Waals surface area contributed by atoms with Crippen LogP contribution in [0.15, 0.2) is 48.5 Å². The monoisotopic (exact) mass is 350 g/mol. The average molecular weight is 350 g/mol. The van der Waals surface area contributed by atoms with Crippen LogP contribution in [0.1, 0.15) is 41.1 Å². The number of nitrogens with one attached hydrogen (secondary N) is 1. The van der Waals surface area contributed by atoms with Crippen LogP contribution in [0.4, 0.5) is 0 Å². The number of nitriles is 1. The van der Waals surface area contributed by atoms with E-state index in [1.165, 1.54) is 24.0 Å². The Labute approximate surface area is 153 Å². The van der Waals surface area contributed by atoms with E-state index in [2.05, 4.69) is 42.6 Å². The molecule has 2 aromatic carbocycles. The van der Waals surface area contributed by atoms with Gasteiger partial charge in [-0.2, -0.15) is 5.26 Å². The Hall–Kier alpha value is -2.25. The lowest BCUT2D eigenvalue weighted by atomic mass is 10.0. The van der Waals surface area contributed by atoms with E-state index in [9.17, 15) is 4.79 Å². The van der Waals surface area contributed by atoms with Crippen LogP contribution < -0.4 is 5.32 Å². The first-order chi connectivity index (χ1) is 12.2. The van der Waals surface area contributed by atoms with Crippen LogP contribution in [0.3, 0.4) is 0 Å². The highest BCUT2D eigenvalue weighted by atomic mass is 32.2. The fourth-order valence-corrected chi connectivity index (χ4v) is 3.63. The molecule has 1 saturated carbocycles. The second-order valence-electron chi connectivity index (χ2n) is 6.59. The van der Waals surface area contributed by atoms with Gasteiger partial charge in [-0.25, -0.2) is 0 Å². The normalized spacial score (nSPS) is 14.6. The van der Waals surface area contributed by atoms with E-state index in [0.717, 1.165) is 11.3 Å². The van der Waals surface area contributed by atoms with Crippen molar-refractivity contribution >= 4 is 17.7 Å². The number of benzene rings is 2. The van der Waals surface area contributed by atoms with E-state index in [4.69, 9.17) is 5.26 Å². The van der Waals surface area contributed by atoms with E-state index in [1.54, 1.807) is 11.8 Å². The first kappa shape index (κ1) is 17.6. The van der Waals surface area contributed by atoms with Crippen molar-refractivity contribution in [2.75, 3.05) is 5.75 Å². The number of carbonyl (C=O) groups is 1. The molecule has 1 aliphatic rings. The highest BCUT2D eigenvalue weighted by Crippen LogP contribution is 2.41. The summed E-state index contributed by atoms with van der Waals surface area (Å²) in [6.07, 6.45) is 2.38. The predicted molar refractivity (Wildman–Crippen MR) is 102 cm³/mol. The quantitative estimate of drug-likeness (QED) is 0.807. The summed E-state index contributed by atoms with van der Waals surface area (Å²) in [4.78, 5) is 12.3. The van der Waals surface area contributed by atoms with Crippen molar-refractivity contribution in [3.8, 4) is 6.07 Å². The molecule has 2 aromatic rings.